The van der Waals surface area contributed by atoms with Crippen LogP contribution in [-0.2, 0) is 11.2 Å². The third-order valence-corrected chi connectivity index (χ3v) is 4.81. The Bertz CT molecular complexity index is 677. The number of rotatable bonds is 2. The van der Waals surface area contributed by atoms with E-state index in [1.54, 1.807) is 6.26 Å². The number of aryl methyl sites for hydroxylation is 1. The molecule has 2 aromatic rings. The fourth-order valence-corrected chi connectivity index (χ4v) is 3.24. The Kier molecular flexibility index (Phi) is 3.94. The molecule has 1 aliphatic heterocycles. The Labute approximate surface area is 129 Å². The first-order chi connectivity index (χ1) is 10.1. The van der Waals surface area contributed by atoms with Gasteiger partial charge in [-0.25, -0.2) is 0 Å². The molecule has 3 nitrogen and oxygen atoms in total. The summed E-state index contributed by atoms with van der Waals surface area (Å²) in [5, 5.41) is 1.66. The predicted molar refractivity (Wildman–Crippen MR) is 84.7 cm³/mol. The highest BCUT2D eigenvalue weighted by molar-refractivity contribution is 6.32. The van der Waals surface area contributed by atoms with Gasteiger partial charge in [0, 0.05) is 28.6 Å². The molecule has 112 valence electrons. The van der Waals surface area contributed by atoms with Crippen LogP contribution in [0.1, 0.15) is 37.3 Å². The van der Waals surface area contributed by atoms with E-state index in [0.717, 1.165) is 41.5 Å². The summed E-state index contributed by atoms with van der Waals surface area (Å²) in [5.41, 5.74) is 2.71. The number of carbonyl (C=O) groups is 1. The standard InChI is InChI=1S/C17H20ClNO2/c1-11-7-16-14(9-15(11)18)13(10-21-16)8-17(20)19-6-4-3-5-12(19)2/h7,9-10,12H,3-6,8H2,1-2H3. The van der Waals surface area contributed by atoms with Crippen LogP contribution in [0.3, 0.4) is 0 Å². The van der Waals surface area contributed by atoms with Gasteiger partial charge in [-0.15, -0.1) is 0 Å². The number of fused-ring (bicyclic) bond motifs is 1. The number of hydrogen-bond donors (Lipinski definition) is 0. The number of furan rings is 1. The molecule has 1 aromatic heterocycles. The summed E-state index contributed by atoms with van der Waals surface area (Å²) in [5.74, 6) is 0.182. The van der Waals surface area contributed by atoms with Crippen molar-refractivity contribution in [1.29, 1.82) is 0 Å². The van der Waals surface area contributed by atoms with Gasteiger partial charge in [-0.2, -0.15) is 0 Å². The average Bonchev–Trinajstić information content (AvgIpc) is 2.82. The largest absolute Gasteiger partial charge is 0.464 e. The number of hydrogen-bond acceptors (Lipinski definition) is 2. The van der Waals surface area contributed by atoms with Crippen molar-refractivity contribution in [2.24, 2.45) is 0 Å². The fraction of sp³-hybridized carbons (Fsp3) is 0.471. The molecule has 1 amide bonds. The Morgan fingerprint density at radius 2 is 2.24 bits per heavy atom. The van der Waals surface area contributed by atoms with Gasteiger partial charge in [-0.05, 0) is 50.8 Å². The Morgan fingerprint density at radius 3 is 3.00 bits per heavy atom. The normalized spacial score (nSPS) is 19.2. The summed E-state index contributed by atoms with van der Waals surface area (Å²) in [6, 6.07) is 4.17. The van der Waals surface area contributed by atoms with Crippen molar-refractivity contribution < 1.29 is 9.21 Å². The molecular weight excluding hydrogens is 286 g/mol. The smallest absolute Gasteiger partial charge is 0.227 e. The van der Waals surface area contributed by atoms with Gasteiger partial charge in [0.2, 0.25) is 5.91 Å². The molecule has 0 aliphatic carbocycles. The molecule has 2 heterocycles. The van der Waals surface area contributed by atoms with E-state index in [9.17, 15) is 4.79 Å². The maximum absolute atomic E-state index is 12.5. The number of likely N-dealkylation sites (tertiary alicyclic amines) is 1. The van der Waals surface area contributed by atoms with Gasteiger partial charge in [0.15, 0.2) is 0 Å². The minimum atomic E-state index is 0.182. The fourth-order valence-electron chi connectivity index (χ4n) is 3.07. The second-order valence-electron chi connectivity index (χ2n) is 5.97. The number of nitrogens with zero attached hydrogens (tertiary/aromatic N) is 1. The maximum atomic E-state index is 12.5. The van der Waals surface area contributed by atoms with Crippen molar-refractivity contribution in [3.05, 3.63) is 34.5 Å². The zero-order chi connectivity index (χ0) is 15.0. The Balaban J connectivity index is 1.84. The molecule has 1 atom stereocenters. The van der Waals surface area contributed by atoms with Crippen molar-refractivity contribution >= 4 is 28.5 Å². The zero-order valence-corrected chi connectivity index (χ0v) is 13.2. The lowest BCUT2D eigenvalue weighted by molar-refractivity contribution is -0.133. The minimum absolute atomic E-state index is 0.182. The van der Waals surface area contributed by atoms with Crippen LogP contribution in [0.5, 0.6) is 0 Å². The van der Waals surface area contributed by atoms with Gasteiger partial charge < -0.3 is 9.32 Å². The lowest BCUT2D eigenvalue weighted by Crippen LogP contribution is -2.42. The van der Waals surface area contributed by atoms with Gasteiger partial charge in [0.1, 0.15) is 5.58 Å². The second kappa shape index (κ2) is 5.72. The van der Waals surface area contributed by atoms with Crippen LogP contribution >= 0.6 is 11.6 Å². The lowest BCUT2D eigenvalue weighted by Gasteiger charge is -2.33. The molecule has 1 aromatic carbocycles. The zero-order valence-electron chi connectivity index (χ0n) is 12.5. The molecule has 1 unspecified atom stereocenters. The van der Waals surface area contributed by atoms with Gasteiger partial charge in [-0.3, -0.25) is 4.79 Å². The third kappa shape index (κ3) is 2.80. The van der Waals surface area contributed by atoms with Crippen LogP contribution in [-0.4, -0.2) is 23.4 Å². The number of halogens is 1. The van der Waals surface area contributed by atoms with E-state index in [2.05, 4.69) is 6.92 Å². The number of piperidine rings is 1. The summed E-state index contributed by atoms with van der Waals surface area (Å²) < 4.78 is 5.57. The topological polar surface area (TPSA) is 33.5 Å². The van der Waals surface area contributed by atoms with Crippen LogP contribution in [0.25, 0.3) is 11.0 Å². The monoisotopic (exact) mass is 305 g/mol. The molecule has 0 saturated carbocycles. The van der Waals surface area contributed by atoms with E-state index in [1.165, 1.54) is 6.42 Å². The molecule has 1 fully saturated rings. The predicted octanol–water partition coefficient (Wildman–Crippen LogP) is 4.34. The minimum Gasteiger partial charge on any atom is -0.464 e. The van der Waals surface area contributed by atoms with Crippen molar-refractivity contribution in [2.75, 3.05) is 6.54 Å². The first-order valence-corrected chi connectivity index (χ1v) is 7.90. The molecule has 4 heteroatoms. The van der Waals surface area contributed by atoms with Gasteiger partial charge in [0.25, 0.3) is 0 Å². The molecule has 0 bridgehead atoms. The van der Waals surface area contributed by atoms with Crippen molar-refractivity contribution in [3.63, 3.8) is 0 Å². The van der Waals surface area contributed by atoms with E-state index in [-0.39, 0.29) is 5.91 Å². The summed E-state index contributed by atoms with van der Waals surface area (Å²) in [7, 11) is 0. The van der Waals surface area contributed by atoms with E-state index in [1.807, 2.05) is 24.0 Å². The van der Waals surface area contributed by atoms with E-state index in [0.29, 0.717) is 17.5 Å². The van der Waals surface area contributed by atoms with Crippen LogP contribution in [0.15, 0.2) is 22.8 Å². The van der Waals surface area contributed by atoms with Crippen molar-refractivity contribution in [2.45, 2.75) is 45.6 Å². The molecule has 0 radical (unpaired) electrons. The molecule has 3 rings (SSSR count). The number of carbonyl (C=O) groups excluding carboxylic acids is 1. The molecule has 0 N–H and O–H groups in total. The molecule has 0 spiro atoms. The first kappa shape index (κ1) is 14.5. The van der Waals surface area contributed by atoms with Gasteiger partial charge in [0.05, 0.1) is 12.7 Å². The molecule has 1 saturated heterocycles. The summed E-state index contributed by atoms with van der Waals surface area (Å²) in [4.78, 5) is 14.5. The maximum Gasteiger partial charge on any atom is 0.227 e. The van der Waals surface area contributed by atoms with E-state index >= 15 is 0 Å². The molecular formula is C17H20ClNO2. The average molecular weight is 306 g/mol. The Hall–Kier alpha value is -1.48. The lowest BCUT2D eigenvalue weighted by atomic mass is 10.0. The van der Waals surface area contributed by atoms with Crippen molar-refractivity contribution in [1.82, 2.24) is 4.90 Å². The quantitative estimate of drug-likeness (QED) is 0.827. The highest BCUT2D eigenvalue weighted by Gasteiger charge is 2.24. The van der Waals surface area contributed by atoms with E-state index in [4.69, 9.17) is 16.0 Å². The molecule has 1 aliphatic rings. The first-order valence-electron chi connectivity index (χ1n) is 7.52. The van der Waals surface area contributed by atoms with Crippen LogP contribution in [0.2, 0.25) is 5.02 Å². The van der Waals surface area contributed by atoms with Crippen LogP contribution in [0.4, 0.5) is 0 Å². The van der Waals surface area contributed by atoms with E-state index < -0.39 is 0 Å². The SMILES string of the molecule is Cc1cc2occ(CC(=O)N3CCCCC3C)c2cc1Cl. The van der Waals surface area contributed by atoms with Gasteiger partial charge >= 0.3 is 0 Å². The van der Waals surface area contributed by atoms with Crippen LogP contribution < -0.4 is 0 Å². The summed E-state index contributed by atoms with van der Waals surface area (Å²) >= 11 is 6.19. The van der Waals surface area contributed by atoms with Crippen molar-refractivity contribution in [3.8, 4) is 0 Å². The summed E-state index contributed by atoms with van der Waals surface area (Å²) in [6.07, 6.45) is 5.49. The highest BCUT2D eigenvalue weighted by atomic mass is 35.5. The van der Waals surface area contributed by atoms with Gasteiger partial charge in [-0.1, -0.05) is 11.6 Å². The van der Waals surface area contributed by atoms with Crippen LogP contribution in [0, 0.1) is 6.92 Å². The third-order valence-electron chi connectivity index (χ3n) is 4.40. The highest BCUT2D eigenvalue weighted by Crippen LogP contribution is 2.28. The Morgan fingerprint density at radius 1 is 1.43 bits per heavy atom. The number of amides is 1. The number of benzene rings is 1. The second-order valence-corrected chi connectivity index (χ2v) is 6.37. The summed E-state index contributed by atoms with van der Waals surface area (Å²) in [6.45, 7) is 4.95. The molecule has 21 heavy (non-hydrogen) atoms.